The lowest BCUT2D eigenvalue weighted by Crippen LogP contribution is -2.59. The van der Waals surface area contributed by atoms with Crippen LogP contribution in [0.15, 0.2) is 30.3 Å². The number of β-lactam (4-membered cyclic amide) rings is 1. The monoisotopic (exact) mass is 367 g/mol. The van der Waals surface area contributed by atoms with Gasteiger partial charge in [0.05, 0.1) is 13.5 Å². The highest BCUT2D eigenvalue weighted by Gasteiger charge is 2.74. The van der Waals surface area contributed by atoms with Crippen LogP contribution >= 0.6 is 0 Å². The first kappa shape index (κ1) is 17.4. The highest BCUT2D eigenvalue weighted by atomic mass is 32.2. The Morgan fingerprint density at radius 1 is 1.28 bits per heavy atom. The van der Waals surface area contributed by atoms with Crippen molar-refractivity contribution in [2.75, 3.05) is 7.11 Å². The summed E-state index contributed by atoms with van der Waals surface area (Å²) >= 11 is 0. The third-order valence-electron chi connectivity index (χ3n) is 4.73. The number of carbonyl (C=O) groups is 3. The number of ether oxygens (including phenoxy) is 2. The molecule has 1 amide bonds. The molecular formula is C16H17NO7S. The first-order valence-corrected chi connectivity index (χ1v) is 9.13. The Morgan fingerprint density at radius 3 is 2.48 bits per heavy atom. The maximum Gasteiger partial charge on any atom is 0.331 e. The molecule has 0 aromatic heterocycles. The molecule has 0 N–H and O–H groups in total. The molecule has 0 aliphatic carbocycles. The summed E-state index contributed by atoms with van der Waals surface area (Å²) < 4.78 is 33.0. The SMILES string of the molecule is COC(=O)[C@@]1(C)[C@H](C(=O)OCc2ccccc2)N2C(=O)C[C@H]2S1(=O)=O. The third-order valence-corrected chi connectivity index (χ3v) is 7.42. The van der Waals surface area contributed by atoms with E-state index in [1.54, 1.807) is 30.3 Å². The van der Waals surface area contributed by atoms with Crippen LogP contribution in [-0.4, -0.2) is 54.4 Å². The average Bonchev–Trinajstić information content (AvgIpc) is 2.75. The number of rotatable bonds is 4. The number of esters is 2. The van der Waals surface area contributed by atoms with Gasteiger partial charge in [-0.1, -0.05) is 30.3 Å². The zero-order valence-electron chi connectivity index (χ0n) is 13.7. The van der Waals surface area contributed by atoms with E-state index in [1.165, 1.54) is 0 Å². The van der Waals surface area contributed by atoms with Crippen molar-refractivity contribution in [2.24, 2.45) is 0 Å². The minimum atomic E-state index is -4.12. The quantitative estimate of drug-likeness (QED) is 0.545. The van der Waals surface area contributed by atoms with Gasteiger partial charge < -0.3 is 14.4 Å². The Morgan fingerprint density at radius 2 is 1.92 bits per heavy atom. The zero-order valence-corrected chi connectivity index (χ0v) is 14.5. The Hall–Kier alpha value is -2.42. The van der Waals surface area contributed by atoms with Gasteiger partial charge in [-0.05, 0) is 12.5 Å². The van der Waals surface area contributed by atoms with Crippen LogP contribution in [-0.2, 0) is 40.3 Å². The van der Waals surface area contributed by atoms with E-state index >= 15 is 0 Å². The number of nitrogens with zero attached hydrogens (tertiary/aromatic N) is 1. The zero-order chi connectivity index (χ0) is 18.4. The number of amides is 1. The Bertz CT molecular complexity index is 835. The van der Waals surface area contributed by atoms with Crippen molar-refractivity contribution < 1.29 is 32.3 Å². The van der Waals surface area contributed by atoms with Crippen LogP contribution in [0, 0.1) is 0 Å². The van der Waals surface area contributed by atoms with Gasteiger partial charge in [0, 0.05) is 0 Å². The predicted octanol–water partition coefficient (Wildman–Crippen LogP) is 0.0169. The molecule has 0 bridgehead atoms. The van der Waals surface area contributed by atoms with Crippen LogP contribution in [0.5, 0.6) is 0 Å². The Labute approximate surface area is 144 Å². The molecular weight excluding hydrogens is 350 g/mol. The van der Waals surface area contributed by atoms with Gasteiger partial charge in [-0.25, -0.2) is 13.2 Å². The number of hydrogen-bond donors (Lipinski definition) is 0. The molecule has 9 heteroatoms. The summed E-state index contributed by atoms with van der Waals surface area (Å²) in [7, 11) is -3.08. The molecule has 8 nitrogen and oxygen atoms in total. The first-order valence-electron chi connectivity index (χ1n) is 7.58. The molecule has 0 radical (unpaired) electrons. The van der Waals surface area contributed by atoms with Gasteiger partial charge in [0.1, 0.15) is 12.0 Å². The van der Waals surface area contributed by atoms with Gasteiger partial charge in [0.15, 0.2) is 20.6 Å². The molecule has 0 spiro atoms. The summed E-state index contributed by atoms with van der Waals surface area (Å²) in [4.78, 5) is 37.6. The van der Waals surface area contributed by atoms with Crippen molar-refractivity contribution in [2.45, 2.75) is 36.1 Å². The summed E-state index contributed by atoms with van der Waals surface area (Å²) in [6.07, 6.45) is -0.253. The molecule has 2 heterocycles. The van der Waals surface area contributed by atoms with E-state index in [4.69, 9.17) is 4.74 Å². The lowest BCUT2D eigenvalue weighted by Gasteiger charge is -2.36. The molecule has 0 saturated carbocycles. The second kappa shape index (κ2) is 5.83. The average molecular weight is 367 g/mol. The molecule has 25 heavy (non-hydrogen) atoms. The van der Waals surface area contributed by atoms with Crippen LogP contribution in [0.2, 0.25) is 0 Å². The van der Waals surface area contributed by atoms with Crippen molar-refractivity contribution in [3.8, 4) is 0 Å². The van der Waals surface area contributed by atoms with Crippen molar-refractivity contribution in [1.29, 1.82) is 0 Å². The molecule has 0 unspecified atom stereocenters. The lowest BCUT2D eigenvalue weighted by molar-refractivity contribution is -0.166. The summed E-state index contributed by atoms with van der Waals surface area (Å²) in [6.45, 7) is 1.01. The fourth-order valence-corrected chi connectivity index (χ4v) is 5.55. The molecule has 3 atom stereocenters. The molecule has 1 aromatic rings. The van der Waals surface area contributed by atoms with Crippen molar-refractivity contribution in [3.63, 3.8) is 0 Å². The van der Waals surface area contributed by atoms with E-state index in [0.717, 1.165) is 18.9 Å². The van der Waals surface area contributed by atoms with Crippen LogP contribution in [0.3, 0.4) is 0 Å². The lowest BCUT2D eigenvalue weighted by atomic mass is 9.96. The minimum Gasteiger partial charge on any atom is -0.468 e. The Balaban J connectivity index is 1.92. The maximum atomic E-state index is 12.7. The molecule has 2 fully saturated rings. The number of methoxy groups -OCH3 is 1. The van der Waals surface area contributed by atoms with Crippen LogP contribution < -0.4 is 0 Å². The van der Waals surface area contributed by atoms with Gasteiger partial charge >= 0.3 is 11.9 Å². The van der Waals surface area contributed by atoms with Crippen LogP contribution in [0.25, 0.3) is 0 Å². The second-order valence-electron chi connectivity index (χ2n) is 6.10. The van der Waals surface area contributed by atoms with Gasteiger partial charge in [0.25, 0.3) is 0 Å². The fourth-order valence-electron chi connectivity index (χ4n) is 3.25. The van der Waals surface area contributed by atoms with Crippen molar-refractivity contribution in [3.05, 3.63) is 35.9 Å². The number of hydrogen-bond acceptors (Lipinski definition) is 7. The van der Waals surface area contributed by atoms with E-state index in [9.17, 15) is 22.8 Å². The Kier molecular flexibility index (Phi) is 4.06. The molecule has 2 aliphatic heterocycles. The van der Waals surface area contributed by atoms with Gasteiger partial charge in [-0.3, -0.25) is 9.59 Å². The van der Waals surface area contributed by atoms with E-state index in [2.05, 4.69) is 4.74 Å². The number of carbonyl (C=O) groups excluding carboxylic acids is 3. The number of benzene rings is 1. The summed E-state index contributed by atoms with van der Waals surface area (Å²) in [5, 5.41) is -1.20. The molecule has 134 valence electrons. The largest absolute Gasteiger partial charge is 0.468 e. The maximum absolute atomic E-state index is 12.7. The van der Waals surface area contributed by atoms with E-state index in [0.29, 0.717) is 5.56 Å². The molecule has 3 rings (SSSR count). The standard InChI is InChI=1S/C16H17NO7S/c1-16(15(20)23-2)13(17-11(18)8-12(17)25(16,21)22)14(19)24-9-10-6-4-3-5-7-10/h3-7,12-13H,8-9H2,1-2H3/t12-,13+,16-/m1/s1. The molecule has 1 aromatic carbocycles. The minimum absolute atomic E-state index is 0.0971. The van der Waals surface area contributed by atoms with Crippen molar-refractivity contribution in [1.82, 2.24) is 4.90 Å². The molecule has 2 aliphatic rings. The van der Waals surface area contributed by atoms with Gasteiger partial charge in [-0.15, -0.1) is 0 Å². The van der Waals surface area contributed by atoms with Crippen LogP contribution in [0.1, 0.15) is 18.9 Å². The van der Waals surface area contributed by atoms with E-state index < -0.39 is 43.8 Å². The highest BCUT2D eigenvalue weighted by molar-refractivity contribution is 7.94. The summed E-state index contributed by atoms with van der Waals surface area (Å²) in [6, 6.07) is 7.23. The first-order chi connectivity index (χ1) is 11.7. The van der Waals surface area contributed by atoms with E-state index in [-0.39, 0.29) is 13.0 Å². The second-order valence-corrected chi connectivity index (χ2v) is 8.58. The predicted molar refractivity (Wildman–Crippen MR) is 84.6 cm³/mol. The third kappa shape index (κ3) is 2.33. The smallest absolute Gasteiger partial charge is 0.331 e. The van der Waals surface area contributed by atoms with E-state index in [1.807, 2.05) is 0 Å². The van der Waals surface area contributed by atoms with Gasteiger partial charge in [-0.2, -0.15) is 0 Å². The number of fused-ring (bicyclic) bond motifs is 1. The number of sulfone groups is 1. The summed E-state index contributed by atoms with van der Waals surface area (Å²) in [5.74, 6) is -2.55. The summed E-state index contributed by atoms with van der Waals surface area (Å²) in [5.41, 5.74) is 0.697. The highest BCUT2D eigenvalue weighted by Crippen LogP contribution is 2.47. The van der Waals surface area contributed by atoms with Crippen LogP contribution in [0.4, 0.5) is 0 Å². The normalized spacial score (nSPS) is 29.5. The van der Waals surface area contributed by atoms with Crippen molar-refractivity contribution >= 4 is 27.7 Å². The van der Waals surface area contributed by atoms with Gasteiger partial charge in [0.2, 0.25) is 5.91 Å². The fraction of sp³-hybridized carbons (Fsp3) is 0.438. The topological polar surface area (TPSA) is 107 Å². The molecule has 2 saturated heterocycles.